The first-order valence-electron chi connectivity index (χ1n) is 10.6. The lowest BCUT2D eigenvalue weighted by Gasteiger charge is -2.37. The van der Waals surface area contributed by atoms with Gasteiger partial charge >= 0.3 is 0 Å². The molecule has 29 heavy (non-hydrogen) atoms. The van der Waals surface area contributed by atoms with Crippen LogP contribution in [0.25, 0.3) is 0 Å². The van der Waals surface area contributed by atoms with Crippen molar-refractivity contribution >= 4 is 11.7 Å². The molecule has 0 N–H and O–H groups in total. The molecule has 1 aliphatic carbocycles. The van der Waals surface area contributed by atoms with E-state index in [4.69, 9.17) is 4.98 Å². The molecule has 0 spiro atoms. The quantitative estimate of drug-likeness (QED) is 0.791. The lowest BCUT2D eigenvalue weighted by molar-refractivity contribution is -0.135. The van der Waals surface area contributed by atoms with Crippen LogP contribution in [0.1, 0.15) is 48.3 Å². The van der Waals surface area contributed by atoms with Gasteiger partial charge in [-0.25, -0.2) is 14.4 Å². The summed E-state index contributed by atoms with van der Waals surface area (Å²) in [5.41, 5.74) is 2.88. The Bertz CT molecular complexity index is 886. The number of nitrogens with zero attached hydrogens (tertiary/aromatic N) is 4. The lowest BCUT2D eigenvalue weighted by Crippen LogP contribution is -2.50. The van der Waals surface area contributed by atoms with E-state index in [0.29, 0.717) is 12.3 Å². The molecule has 1 saturated carbocycles. The van der Waals surface area contributed by atoms with Crippen molar-refractivity contribution in [2.45, 2.75) is 46.0 Å². The topological polar surface area (TPSA) is 49.3 Å². The number of carbonyl (C=O) groups excluding carboxylic acids is 1. The molecular formula is C23H29FN4O. The van der Waals surface area contributed by atoms with E-state index >= 15 is 0 Å². The normalized spacial score (nSPS) is 17.8. The number of anilines is 1. The van der Waals surface area contributed by atoms with Crippen LogP contribution in [-0.4, -0.2) is 47.0 Å². The molecule has 1 aromatic carbocycles. The van der Waals surface area contributed by atoms with Gasteiger partial charge in [0.05, 0.1) is 0 Å². The Hall–Kier alpha value is -2.50. The van der Waals surface area contributed by atoms with Gasteiger partial charge in [0.15, 0.2) is 0 Å². The molecular weight excluding hydrogens is 367 g/mol. The average Bonchev–Trinajstić information content (AvgIpc) is 3.24. The van der Waals surface area contributed by atoms with E-state index in [1.54, 1.807) is 12.1 Å². The largest absolute Gasteiger partial charge is 0.353 e. The highest BCUT2D eigenvalue weighted by Gasteiger charge is 2.30. The van der Waals surface area contributed by atoms with Crippen LogP contribution >= 0.6 is 0 Å². The summed E-state index contributed by atoms with van der Waals surface area (Å²) in [5, 5.41) is 0. The third kappa shape index (κ3) is 4.41. The number of aromatic nitrogens is 2. The minimum Gasteiger partial charge on any atom is -0.353 e. The standard InChI is InChI=1S/C23H29FN4O/c1-16-21(15-18-6-5-9-20(24)14-18)22(26-17(2)25-16)27-10-12-28(13-11-27)23(29)19-7-3-4-8-19/h5-6,9,14,19H,3-4,7-8,10-13,15H2,1-2H3. The van der Waals surface area contributed by atoms with Gasteiger partial charge in [-0.2, -0.15) is 0 Å². The highest BCUT2D eigenvalue weighted by atomic mass is 19.1. The number of halogens is 1. The molecule has 5 nitrogen and oxygen atoms in total. The Labute approximate surface area is 172 Å². The maximum Gasteiger partial charge on any atom is 0.225 e. The monoisotopic (exact) mass is 396 g/mol. The van der Waals surface area contributed by atoms with Crippen molar-refractivity contribution in [1.29, 1.82) is 0 Å². The molecule has 154 valence electrons. The van der Waals surface area contributed by atoms with Gasteiger partial charge in [-0.1, -0.05) is 25.0 Å². The van der Waals surface area contributed by atoms with Crippen LogP contribution in [-0.2, 0) is 11.2 Å². The highest BCUT2D eigenvalue weighted by Crippen LogP contribution is 2.29. The van der Waals surface area contributed by atoms with Crippen molar-refractivity contribution in [3.63, 3.8) is 0 Å². The zero-order valence-corrected chi connectivity index (χ0v) is 17.3. The summed E-state index contributed by atoms with van der Waals surface area (Å²) in [7, 11) is 0. The number of rotatable bonds is 4. The first-order chi connectivity index (χ1) is 14.0. The highest BCUT2D eigenvalue weighted by molar-refractivity contribution is 5.79. The van der Waals surface area contributed by atoms with Gasteiger partial charge < -0.3 is 9.80 Å². The molecule has 0 bridgehead atoms. The van der Waals surface area contributed by atoms with Crippen molar-refractivity contribution in [1.82, 2.24) is 14.9 Å². The fraction of sp³-hybridized carbons (Fsp3) is 0.522. The molecule has 1 amide bonds. The van der Waals surface area contributed by atoms with E-state index in [9.17, 15) is 9.18 Å². The summed E-state index contributed by atoms with van der Waals surface area (Å²) in [6.07, 6.45) is 5.04. The third-order valence-electron chi connectivity index (χ3n) is 6.17. The number of hydrogen-bond donors (Lipinski definition) is 0. The second-order valence-corrected chi connectivity index (χ2v) is 8.26. The van der Waals surface area contributed by atoms with Crippen molar-refractivity contribution < 1.29 is 9.18 Å². The SMILES string of the molecule is Cc1nc(C)c(Cc2cccc(F)c2)c(N2CCN(C(=O)C3CCCC3)CC2)n1. The predicted molar refractivity (Wildman–Crippen MR) is 111 cm³/mol. The Balaban J connectivity index is 1.51. The van der Waals surface area contributed by atoms with E-state index in [2.05, 4.69) is 9.88 Å². The minimum atomic E-state index is -0.228. The summed E-state index contributed by atoms with van der Waals surface area (Å²) >= 11 is 0. The van der Waals surface area contributed by atoms with Crippen LogP contribution in [0, 0.1) is 25.6 Å². The van der Waals surface area contributed by atoms with Crippen molar-refractivity contribution in [2.24, 2.45) is 5.92 Å². The molecule has 4 rings (SSSR count). The number of amides is 1. The van der Waals surface area contributed by atoms with Crippen LogP contribution in [0.3, 0.4) is 0 Å². The van der Waals surface area contributed by atoms with Crippen molar-refractivity contribution in [2.75, 3.05) is 31.1 Å². The Kier molecular flexibility index (Phi) is 5.79. The van der Waals surface area contributed by atoms with E-state index < -0.39 is 0 Å². The summed E-state index contributed by atoms with van der Waals surface area (Å²) < 4.78 is 13.7. The Morgan fingerprint density at radius 3 is 2.52 bits per heavy atom. The van der Waals surface area contributed by atoms with Crippen LogP contribution in [0.4, 0.5) is 10.2 Å². The van der Waals surface area contributed by atoms with Gasteiger partial charge in [0.2, 0.25) is 5.91 Å². The smallest absolute Gasteiger partial charge is 0.225 e. The number of piperazine rings is 1. The zero-order valence-electron chi connectivity index (χ0n) is 17.3. The van der Waals surface area contributed by atoms with Crippen LogP contribution in [0.2, 0.25) is 0 Å². The van der Waals surface area contributed by atoms with E-state index in [-0.39, 0.29) is 11.7 Å². The summed E-state index contributed by atoms with van der Waals surface area (Å²) in [6.45, 7) is 6.90. The van der Waals surface area contributed by atoms with Gasteiger partial charge in [-0.15, -0.1) is 0 Å². The van der Waals surface area contributed by atoms with Gasteiger partial charge in [0, 0.05) is 49.8 Å². The molecule has 2 heterocycles. The molecule has 0 radical (unpaired) electrons. The van der Waals surface area contributed by atoms with Gasteiger partial charge in [0.25, 0.3) is 0 Å². The van der Waals surface area contributed by atoms with Crippen LogP contribution < -0.4 is 4.90 Å². The molecule has 0 unspecified atom stereocenters. The molecule has 2 fully saturated rings. The number of aryl methyl sites for hydroxylation is 2. The van der Waals surface area contributed by atoms with Crippen molar-refractivity contribution in [3.05, 3.63) is 52.7 Å². The summed E-state index contributed by atoms with van der Waals surface area (Å²) in [4.78, 5) is 26.3. The molecule has 2 aromatic rings. The van der Waals surface area contributed by atoms with Crippen LogP contribution in [0.5, 0.6) is 0 Å². The van der Waals surface area contributed by atoms with Gasteiger partial charge in [0.1, 0.15) is 17.5 Å². The Morgan fingerprint density at radius 2 is 1.83 bits per heavy atom. The van der Waals surface area contributed by atoms with E-state index in [1.807, 2.05) is 24.8 Å². The lowest BCUT2D eigenvalue weighted by atomic mass is 10.0. The molecule has 1 aromatic heterocycles. The molecule has 2 aliphatic rings. The van der Waals surface area contributed by atoms with Gasteiger partial charge in [-0.05, 0) is 44.4 Å². The third-order valence-corrected chi connectivity index (χ3v) is 6.17. The number of benzene rings is 1. The number of carbonyl (C=O) groups is 1. The van der Waals surface area contributed by atoms with E-state index in [0.717, 1.165) is 67.5 Å². The fourth-order valence-corrected chi connectivity index (χ4v) is 4.61. The predicted octanol–water partition coefficient (Wildman–Crippen LogP) is 3.66. The molecule has 1 saturated heterocycles. The van der Waals surface area contributed by atoms with E-state index in [1.165, 1.54) is 18.9 Å². The van der Waals surface area contributed by atoms with Crippen LogP contribution in [0.15, 0.2) is 24.3 Å². The summed E-state index contributed by atoms with van der Waals surface area (Å²) in [6, 6.07) is 6.71. The Morgan fingerprint density at radius 1 is 1.10 bits per heavy atom. The number of hydrogen-bond acceptors (Lipinski definition) is 4. The second-order valence-electron chi connectivity index (χ2n) is 8.26. The summed E-state index contributed by atoms with van der Waals surface area (Å²) in [5.74, 6) is 2.00. The van der Waals surface area contributed by atoms with Gasteiger partial charge in [-0.3, -0.25) is 4.79 Å². The minimum absolute atomic E-state index is 0.228. The van der Waals surface area contributed by atoms with Crippen molar-refractivity contribution in [3.8, 4) is 0 Å². The maximum atomic E-state index is 13.7. The fourth-order valence-electron chi connectivity index (χ4n) is 4.61. The first kappa shape index (κ1) is 19.8. The average molecular weight is 397 g/mol. The first-order valence-corrected chi connectivity index (χ1v) is 10.6. The molecule has 0 atom stereocenters. The molecule has 1 aliphatic heterocycles. The maximum absolute atomic E-state index is 13.7. The second kappa shape index (κ2) is 8.47. The molecule has 6 heteroatoms. The zero-order chi connectivity index (χ0) is 20.4.